The second kappa shape index (κ2) is 7.75. The molecule has 2 rings (SSSR count). The first-order chi connectivity index (χ1) is 9.33. The number of halogens is 1. The summed E-state index contributed by atoms with van der Waals surface area (Å²) in [7, 11) is 1.67. The van der Waals surface area contributed by atoms with Crippen LogP contribution in [0.1, 0.15) is 12.8 Å². The summed E-state index contributed by atoms with van der Waals surface area (Å²) in [4.78, 5) is 2.49. The molecule has 1 aliphatic heterocycles. The van der Waals surface area contributed by atoms with Gasteiger partial charge in [0, 0.05) is 18.4 Å². The number of benzene rings is 1. The fourth-order valence-corrected chi connectivity index (χ4v) is 3.03. The number of nitrogens with zero attached hydrogens (tertiary/aromatic N) is 1. The predicted molar refractivity (Wildman–Crippen MR) is 81.4 cm³/mol. The van der Waals surface area contributed by atoms with E-state index in [9.17, 15) is 0 Å². The summed E-state index contributed by atoms with van der Waals surface area (Å²) in [6, 6.07) is 7.81. The quantitative estimate of drug-likeness (QED) is 0.749. The van der Waals surface area contributed by atoms with Gasteiger partial charge >= 0.3 is 0 Å². The Morgan fingerprint density at radius 1 is 1.32 bits per heavy atom. The minimum atomic E-state index is 0.718. The summed E-state index contributed by atoms with van der Waals surface area (Å²) < 4.78 is 11.1. The fraction of sp³-hybridized carbons (Fsp3) is 0.600. The Hall–Kier alpha value is -0.740. The second-order valence-electron chi connectivity index (χ2n) is 4.96. The van der Waals surface area contributed by atoms with Gasteiger partial charge in [0.2, 0.25) is 0 Å². The maximum atomic E-state index is 5.82. The third-order valence-electron chi connectivity index (χ3n) is 3.56. The molecule has 1 saturated heterocycles. The van der Waals surface area contributed by atoms with Crippen LogP contribution in [0.25, 0.3) is 0 Å². The van der Waals surface area contributed by atoms with Gasteiger partial charge in [-0.05, 0) is 37.4 Å². The number of likely N-dealkylation sites (tertiary alicyclic amines) is 1. The van der Waals surface area contributed by atoms with E-state index in [4.69, 9.17) is 9.47 Å². The van der Waals surface area contributed by atoms with Crippen molar-refractivity contribution in [1.82, 2.24) is 4.90 Å². The van der Waals surface area contributed by atoms with Gasteiger partial charge < -0.3 is 9.47 Å². The van der Waals surface area contributed by atoms with Crippen LogP contribution in [-0.4, -0.2) is 43.6 Å². The molecular formula is C15H22BrNO2. The zero-order valence-corrected chi connectivity index (χ0v) is 13.1. The topological polar surface area (TPSA) is 21.7 Å². The number of piperidine rings is 1. The molecule has 0 radical (unpaired) electrons. The maximum Gasteiger partial charge on any atom is 0.161 e. The number of ether oxygens (including phenoxy) is 2. The normalized spacial score (nSPS) is 20.2. The lowest BCUT2D eigenvalue weighted by Crippen LogP contribution is -2.38. The van der Waals surface area contributed by atoms with E-state index in [-0.39, 0.29) is 0 Å². The molecule has 0 aliphatic carbocycles. The van der Waals surface area contributed by atoms with Gasteiger partial charge in [-0.2, -0.15) is 0 Å². The van der Waals surface area contributed by atoms with Gasteiger partial charge in [-0.25, -0.2) is 0 Å². The van der Waals surface area contributed by atoms with E-state index in [1.54, 1.807) is 7.11 Å². The number of alkyl halides is 1. The molecule has 1 fully saturated rings. The van der Waals surface area contributed by atoms with E-state index in [1.165, 1.54) is 25.9 Å². The van der Waals surface area contributed by atoms with E-state index in [2.05, 4.69) is 20.8 Å². The lowest BCUT2D eigenvalue weighted by Gasteiger charge is -2.31. The van der Waals surface area contributed by atoms with E-state index >= 15 is 0 Å². The highest BCUT2D eigenvalue weighted by Gasteiger charge is 2.18. The molecule has 1 atom stereocenters. The average Bonchev–Trinajstić information content (AvgIpc) is 2.48. The third kappa shape index (κ3) is 4.39. The Morgan fingerprint density at radius 2 is 2.11 bits per heavy atom. The predicted octanol–water partition coefficient (Wildman–Crippen LogP) is 3.18. The zero-order valence-electron chi connectivity index (χ0n) is 11.5. The summed E-state index contributed by atoms with van der Waals surface area (Å²) in [5.74, 6) is 2.43. The van der Waals surface area contributed by atoms with Crippen molar-refractivity contribution in [2.45, 2.75) is 12.8 Å². The summed E-state index contributed by atoms with van der Waals surface area (Å²) >= 11 is 3.59. The highest BCUT2D eigenvalue weighted by Crippen LogP contribution is 2.25. The molecule has 3 nitrogen and oxygen atoms in total. The maximum absolute atomic E-state index is 5.82. The van der Waals surface area contributed by atoms with Crippen molar-refractivity contribution in [1.29, 1.82) is 0 Å². The highest BCUT2D eigenvalue weighted by atomic mass is 79.9. The van der Waals surface area contributed by atoms with Gasteiger partial charge in [0.15, 0.2) is 11.5 Å². The van der Waals surface area contributed by atoms with Crippen LogP contribution in [0.4, 0.5) is 0 Å². The smallest absolute Gasteiger partial charge is 0.161 e. The van der Waals surface area contributed by atoms with Gasteiger partial charge in [0.25, 0.3) is 0 Å². The molecule has 1 heterocycles. The van der Waals surface area contributed by atoms with Crippen molar-refractivity contribution in [2.24, 2.45) is 5.92 Å². The molecule has 0 spiro atoms. The Balaban J connectivity index is 1.77. The van der Waals surface area contributed by atoms with Gasteiger partial charge in [0.1, 0.15) is 6.61 Å². The number of rotatable bonds is 6. The molecule has 0 aromatic heterocycles. The molecule has 4 heteroatoms. The molecule has 1 unspecified atom stereocenters. The van der Waals surface area contributed by atoms with Crippen LogP contribution in [0, 0.1) is 5.92 Å². The number of para-hydroxylation sites is 2. The monoisotopic (exact) mass is 327 g/mol. The molecule has 106 valence electrons. The van der Waals surface area contributed by atoms with Gasteiger partial charge in [-0.3, -0.25) is 4.90 Å². The number of hydrogen-bond donors (Lipinski definition) is 0. The van der Waals surface area contributed by atoms with E-state index in [1.807, 2.05) is 24.3 Å². The molecular weight excluding hydrogens is 306 g/mol. The summed E-state index contributed by atoms with van der Waals surface area (Å²) in [5, 5.41) is 1.11. The minimum Gasteiger partial charge on any atom is -0.493 e. The molecule has 1 aromatic rings. The Kier molecular flexibility index (Phi) is 5.98. The van der Waals surface area contributed by atoms with E-state index in [0.717, 1.165) is 35.9 Å². The number of hydrogen-bond acceptors (Lipinski definition) is 3. The standard InChI is InChI=1S/C15H22BrNO2/c1-18-14-6-2-3-7-15(14)19-10-9-17-8-4-5-13(11-16)12-17/h2-3,6-7,13H,4-5,8-12H2,1H3. The lowest BCUT2D eigenvalue weighted by atomic mass is 10.0. The molecule has 19 heavy (non-hydrogen) atoms. The summed E-state index contributed by atoms with van der Waals surface area (Å²) in [5.41, 5.74) is 0. The Labute approximate surface area is 124 Å². The van der Waals surface area contributed by atoms with Crippen LogP contribution in [0.3, 0.4) is 0 Å². The van der Waals surface area contributed by atoms with Crippen LogP contribution in [0.15, 0.2) is 24.3 Å². The Bertz CT molecular complexity index is 386. The van der Waals surface area contributed by atoms with Crippen LogP contribution < -0.4 is 9.47 Å². The van der Waals surface area contributed by atoms with Crippen LogP contribution >= 0.6 is 15.9 Å². The van der Waals surface area contributed by atoms with Crippen molar-refractivity contribution in [3.8, 4) is 11.5 Å². The fourth-order valence-electron chi connectivity index (χ4n) is 2.50. The first-order valence-electron chi connectivity index (χ1n) is 6.87. The van der Waals surface area contributed by atoms with E-state index in [0.29, 0.717) is 0 Å². The molecule has 0 bridgehead atoms. The second-order valence-corrected chi connectivity index (χ2v) is 5.61. The molecule has 0 saturated carbocycles. The van der Waals surface area contributed by atoms with Crippen molar-refractivity contribution in [2.75, 3.05) is 38.7 Å². The minimum absolute atomic E-state index is 0.718. The zero-order chi connectivity index (χ0) is 13.5. The third-order valence-corrected chi connectivity index (χ3v) is 4.47. The van der Waals surface area contributed by atoms with Gasteiger partial charge in [-0.15, -0.1) is 0 Å². The van der Waals surface area contributed by atoms with E-state index < -0.39 is 0 Å². The van der Waals surface area contributed by atoms with Crippen LogP contribution in [0.5, 0.6) is 11.5 Å². The largest absolute Gasteiger partial charge is 0.493 e. The van der Waals surface area contributed by atoms with Gasteiger partial charge in [-0.1, -0.05) is 28.1 Å². The Morgan fingerprint density at radius 3 is 2.84 bits per heavy atom. The van der Waals surface area contributed by atoms with Gasteiger partial charge in [0.05, 0.1) is 7.11 Å². The van der Waals surface area contributed by atoms with Crippen LogP contribution in [0.2, 0.25) is 0 Å². The van der Waals surface area contributed by atoms with Crippen molar-refractivity contribution >= 4 is 15.9 Å². The summed E-state index contributed by atoms with van der Waals surface area (Å²) in [6.45, 7) is 4.08. The molecule has 0 N–H and O–H groups in total. The SMILES string of the molecule is COc1ccccc1OCCN1CCCC(CBr)C1. The van der Waals surface area contributed by atoms with Crippen molar-refractivity contribution in [3.05, 3.63) is 24.3 Å². The summed E-state index contributed by atoms with van der Waals surface area (Å²) in [6.07, 6.45) is 2.64. The lowest BCUT2D eigenvalue weighted by molar-refractivity contribution is 0.154. The number of methoxy groups -OCH3 is 1. The molecule has 1 aromatic carbocycles. The first kappa shape index (κ1) is 14.7. The highest BCUT2D eigenvalue weighted by molar-refractivity contribution is 9.09. The molecule has 0 amide bonds. The average molecular weight is 328 g/mol. The van der Waals surface area contributed by atoms with Crippen LogP contribution in [-0.2, 0) is 0 Å². The van der Waals surface area contributed by atoms with Crippen molar-refractivity contribution in [3.63, 3.8) is 0 Å². The first-order valence-corrected chi connectivity index (χ1v) is 7.99. The molecule has 1 aliphatic rings. The van der Waals surface area contributed by atoms with Crippen molar-refractivity contribution < 1.29 is 9.47 Å².